The Labute approximate surface area is 134 Å². The largest absolute Gasteiger partial charge is 0.354 e. The maximum absolute atomic E-state index is 13.1. The van der Waals surface area contributed by atoms with Gasteiger partial charge in [-0.25, -0.2) is 0 Å². The second kappa shape index (κ2) is 6.82. The number of nitrogens with zero attached hydrogens (tertiary/aromatic N) is 1. The van der Waals surface area contributed by atoms with Crippen LogP contribution in [0.1, 0.15) is 50.2 Å². The quantitative estimate of drug-likeness (QED) is 0.848. The van der Waals surface area contributed by atoms with Crippen molar-refractivity contribution in [3.8, 4) is 0 Å². The molecule has 2 aliphatic rings. The number of nitrogens with one attached hydrogen (secondary N) is 1. The molecule has 0 saturated carbocycles. The maximum atomic E-state index is 13.1. The third-order valence-corrected chi connectivity index (χ3v) is 5.28. The number of carbonyl (C=O) groups excluding carboxylic acids is 1. The number of rotatable bonds is 5. The standard InChI is InChI=1S/C19H28N2O/c1-2-3-11-20-18(22)19(21-12-7-4-8-13-21)14-16-9-5-6-10-17(16)15-19/h5-6,9-10H,2-4,7-8,11-15H2,1H3,(H,20,22). The van der Waals surface area contributed by atoms with Crippen LogP contribution in [0.15, 0.2) is 24.3 Å². The molecule has 3 rings (SSSR count). The van der Waals surface area contributed by atoms with Gasteiger partial charge in [0.2, 0.25) is 5.91 Å². The number of piperidine rings is 1. The molecule has 3 nitrogen and oxygen atoms in total. The summed E-state index contributed by atoms with van der Waals surface area (Å²) in [6, 6.07) is 8.58. The van der Waals surface area contributed by atoms with Crippen LogP contribution < -0.4 is 5.32 Å². The van der Waals surface area contributed by atoms with Crippen molar-refractivity contribution in [2.45, 2.75) is 57.4 Å². The number of fused-ring (bicyclic) bond motifs is 1. The number of hydrogen-bond donors (Lipinski definition) is 1. The second-order valence-corrected chi connectivity index (χ2v) is 6.81. The van der Waals surface area contributed by atoms with Crippen LogP contribution in [-0.4, -0.2) is 36.0 Å². The zero-order chi connectivity index (χ0) is 15.4. The Bertz CT molecular complexity index is 495. The number of carbonyl (C=O) groups is 1. The lowest BCUT2D eigenvalue weighted by Gasteiger charge is -2.42. The summed E-state index contributed by atoms with van der Waals surface area (Å²) >= 11 is 0. The zero-order valence-corrected chi connectivity index (χ0v) is 13.7. The minimum atomic E-state index is -0.335. The first-order chi connectivity index (χ1) is 10.8. The Morgan fingerprint density at radius 2 is 1.77 bits per heavy atom. The van der Waals surface area contributed by atoms with Gasteiger partial charge in [0.1, 0.15) is 5.54 Å². The molecular formula is C19H28N2O. The Morgan fingerprint density at radius 3 is 2.36 bits per heavy atom. The molecule has 1 aromatic carbocycles. The third-order valence-electron chi connectivity index (χ3n) is 5.28. The minimum absolute atomic E-state index is 0.249. The molecule has 0 bridgehead atoms. The monoisotopic (exact) mass is 300 g/mol. The van der Waals surface area contributed by atoms with Gasteiger partial charge in [-0.2, -0.15) is 0 Å². The van der Waals surface area contributed by atoms with Gasteiger partial charge in [0, 0.05) is 19.4 Å². The summed E-state index contributed by atoms with van der Waals surface area (Å²) in [5, 5.41) is 3.22. The van der Waals surface area contributed by atoms with Crippen molar-refractivity contribution in [2.24, 2.45) is 0 Å². The molecule has 1 heterocycles. The molecule has 22 heavy (non-hydrogen) atoms. The lowest BCUT2D eigenvalue weighted by Crippen LogP contribution is -2.61. The van der Waals surface area contributed by atoms with Crippen molar-refractivity contribution < 1.29 is 4.79 Å². The van der Waals surface area contributed by atoms with Crippen molar-refractivity contribution >= 4 is 5.91 Å². The van der Waals surface area contributed by atoms with E-state index in [0.717, 1.165) is 45.3 Å². The van der Waals surface area contributed by atoms with Gasteiger partial charge in [0.15, 0.2) is 0 Å². The number of benzene rings is 1. The van der Waals surface area contributed by atoms with E-state index in [-0.39, 0.29) is 11.4 Å². The lowest BCUT2D eigenvalue weighted by atomic mass is 9.89. The zero-order valence-electron chi connectivity index (χ0n) is 13.7. The van der Waals surface area contributed by atoms with Gasteiger partial charge in [-0.05, 0) is 43.5 Å². The normalized spacial score (nSPS) is 20.6. The summed E-state index contributed by atoms with van der Waals surface area (Å²) in [7, 11) is 0. The second-order valence-electron chi connectivity index (χ2n) is 6.81. The first kappa shape index (κ1) is 15.5. The Kier molecular flexibility index (Phi) is 4.82. The van der Waals surface area contributed by atoms with Crippen LogP contribution in [0.5, 0.6) is 0 Å². The van der Waals surface area contributed by atoms with Crippen LogP contribution in [0.2, 0.25) is 0 Å². The summed E-state index contributed by atoms with van der Waals surface area (Å²) in [6.07, 6.45) is 7.69. The van der Waals surface area contributed by atoms with E-state index in [0.29, 0.717) is 0 Å². The highest BCUT2D eigenvalue weighted by Crippen LogP contribution is 2.36. The molecule has 1 saturated heterocycles. The Balaban J connectivity index is 1.82. The van der Waals surface area contributed by atoms with E-state index in [4.69, 9.17) is 0 Å². The number of unbranched alkanes of at least 4 members (excludes halogenated alkanes) is 1. The summed E-state index contributed by atoms with van der Waals surface area (Å²) in [6.45, 7) is 5.10. The van der Waals surface area contributed by atoms with Gasteiger partial charge in [0.25, 0.3) is 0 Å². The SMILES string of the molecule is CCCCNC(=O)C1(N2CCCCC2)Cc2ccccc2C1. The van der Waals surface area contributed by atoms with Crippen LogP contribution >= 0.6 is 0 Å². The molecule has 1 aromatic rings. The molecule has 120 valence electrons. The van der Waals surface area contributed by atoms with Crippen molar-refractivity contribution in [1.82, 2.24) is 10.2 Å². The minimum Gasteiger partial charge on any atom is -0.354 e. The van der Waals surface area contributed by atoms with E-state index >= 15 is 0 Å². The van der Waals surface area contributed by atoms with Gasteiger partial charge >= 0.3 is 0 Å². The van der Waals surface area contributed by atoms with Crippen LogP contribution in [0, 0.1) is 0 Å². The highest BCUT2D eigenvalue weighted by molar-refractivity contribution is 5.88. The molecule has 1 amide bonds. The molecule has 0 aromatic heterocycles. The number of likely N-dealkylation sites (tertiary alicyclic amines) is 1. The van der Waals surface area contributed by atoms with E-state index in [9.17, 15) is 4.79 Å². The fraction of sp³-hybridized carbons (Fsp3) is 0.632. The van der Waals surface area contributed by atoms with E-state index in [2.05, 4.69) is 41.4 Å². The smallest absolute Gasteiger partial charge is 0.241 e. The van der Waals surface area contributed by atoms with Gasteiger partial charge < -0.3 is 5.32 Å². The topological polar surface area (TPSA) is 32.3 Å². The van der Waals surface area contributed by atoms with Crippen LogP contribution in [0.3, 0.4) is 0 Å². The summed E-state index contributed by atoms with van der Waals surface area (Å²) in [5.74, 6) is 0.249. The molecule has 3 heteroatoms. The van der Waals surface area contributed by atoms with Gasteiger partial charge in [-0.3, -0.25) is 9.69 Å². The number of hydrogen-bond acceptors (Lipinski definition) is 2. The summed E-state index contributed by atoms with van der Waals surface area (Å²) in [5.41, 5.74) is 2.38. The number of amides is 1. The van der Waals surface area contributed by atoms with Gasteiger partial charge in [-0.15, -0.1) is 0 Å². The van der Waals surface area contributed by atoms with Crippen LogP contribution in [0.4, 0.5) is 0 Å². The van der Waals surface area contributed by atoms with E-state index in [1.165, 1.54) is 30.4 Å². The van der Waals surface area contributed by atoms with Gasteiger partial charge in [0.05, 0.1) is 0 Å². The molecule has 1 N–H and O–H groups in total. The Morgan fingerprint density at radius 1 is 1.14 bits per heavy atom. The molecule has 0 radical (unpaired) electrons. The van der Waals surface area contributed by atoms with Crippen molar-refractivity contribution in [2.75, 3.05) is 19.6 Å². The molecule has 1 fully saturated rings. The summed E-state index contributed by atoms with van der Waals surface area (Å²) < 4.78 is 0. The predicted octanol–water partition coefficient (Wildman–Crippen LogP) is 2.93. The third kappa shape index (κ3) is 2.91. The first-order valence-electron chi connectivity index (χ1n) is 8.86. The fourth-order valence-corrected chi connectivity index (χ4v) is 3.99. The van der Waals surface area contributed by atoms with Crippen molar-refractivity contribution in [3.63, 3.8) is 0 Å². The van der Waals surface area contributed by atoms with Crippen LogP contribution in [-0.2, 0) is 17.6 Å². The Hall–Kier alpha value is -1.35. The first-order valence-corrected chi connectivity index (χ1v) is 8.86. The highest BCUT2D eigenvalue weighted by Gasteiger charge is 2.48. The average Bonchev–Trinajstić information content (AvgIpc) is 2.96. The van der Waals surface area contributed by atoms with Crippen LogP contribution in [0.25, 0.3) is 0 Å². The molecule has 0 unspecified atom stereocenters. The maximum Gasteiger partial charge on any atom is 0.241 e. The molecular weight excluding hydrogens is 272 g/mol. The molecule has 1 aliphatic carbocycles. The average molecular weight is 300 g/mol. The molecule has 0 spiro atoms. The summed E-state index contributed by atoms with van der Waals surface area (Å²) in [4.78, 5) is 15.5. The van der Waals surface area contributed by atoms with Gasteiger partial charge in [-0.1, -0.05) is 44.0 Å². The van der Waals surface area contributed by atoms with E-state index < -0.39 is 0 Å². The molecule has 1 aliphatic heterocycles. The van der Waals surface area contributed by atoms with E-state index in [1.807, 2.05) is 0 Å². The predicted molar refractivity (Wildman–Crippen MR) is 89.9 cm³/mol. The fourth-order valence-electron chi connectivity index (χ4n) is 3.99. The van der Waals surface area contributed by atoms with Crippen molar-refractivity contribution in [3.05, 3.63) is 35.4 Å². The van der Waals surface area contributed by atoms with Crippen molar-refractivity contribution in [1.29, 1.82) is 0 Å². The lowest BCUT2D eigenvalue weighted by molar-refractivity contribution is -0.134. The molecule has 0 atom stereocenters. The van der Waals surface area contributed by atoms with E-state index in [1.54, 1.807) is 0 Å². The highest BCUT2D eigenvalue weighted by atomic mass is 16.2.